The third-order valence-electron chi connectivity index (χ3n) is 4.51. The van der Waals surface area contributed by atoms with Crippen LogP contribution in [0.3, 0.4) is 0 Å². The Morgan fingerprint density at radius 2 is 2.17 bits per heavy atom. The molecular weight excluding hydrogens is 220 g/mol. The molecule has 0 saturated carbocycles. The van der Waals surface area contributed by atoms with Crippen LogP contribution in [0.5, 0.6) is 0 Å². The lowest BCUT2D eigenvalue weighted by Crippen LogP contribution is -2.30. The smallest absolute Gasteiger partial charge is 0.0323 e. The van der Waals surface area contributed by atoms with Crippen molar-refractivity contribution >= 4 is 0 Å². The van der Waals surface area contributed by atoms with Crippen LogP contribution in [0, 0.1) is 5.92 Å². The number of fused-ring (bicyclic) bond motifs is 1. The van der Waals surface area contributed by atoms with Crippen molar-refractivity contribution in [2.75, 3.05) is 26.7 Å². The largest absolute Gasteiger partial charge is 0.310 e. The van der Waals surface area contributed by atoms with E-state index in [1.165, 1.54) is 45.3 Å². The molecule has 1 aromatic rings. The van der Waals surface area contributed by atoms with E-state index < -0.39 is 0 Å². The molecule has 0 bridgehead atoms. The highest BCUT2D eigenvalue weighted by Crippen LogP contribution is 2.29. The quantitative estimate of drug-likeness (QED) is 0.879. The summed E-state index contributed by atoms with van der Waals surface area (Å²) in [7, 11) is 2.23. The normalized spacial score (nSPS) is 28.3. The van der Waals surface area contributed by atoms with Gasteiger partial charge in [0.25, 0.3) is 0 Å². The number of nitrogens with one attached hydrogen (secondary N) is 1. The highest BCUT2D eigenvalue weighted by atomic mass is 15.1. The van der Waals surface area contributed by atoms with Crippen molar-refractivity contribution < 1.29 is 0 Å². The summed E-state index contributed by atoms with van der Waals surface area (Å²) in [6, 6.07) is 9.57. The number of likely N-dealkylation sites (tertiary alicyclic amines) is 1. The molecule has 2 nitrogen and oxygen atoms in total. The molecule has 3 rings (SSSR count). The highest BCUT2D eigenvalue weighted by Gasteiger charge is 2.23. The second-order valence-corrected chi connectivity index (χ2v) is 5.97. The van der Waals surface area contributed by atoms with E-state index in [4.69, 9.17) is 0 Å². The lowest BCUT2D eigenvalue weighted by molar-refractivity contribution is 0.369. The van der Waals surface area contributed by atoms with Crippen molar-refractivity contribution in [3.05, 3.63) is 35.4 Å². The first-order chi connectivity index (χ1) is 8.83. The van der Waals surface area contributed by atoms with Crippen molar-refractivity contribution in [1.29, 1.82) is 0 Å². The maximum Gasteiger partial charge on any atom is 0.0323 e. The predicted molar refractivity (Wildman–Crippen MR) is 75.7 cm³/mol. The molecule has 0 amide bonds. The van der Waals surface area contributed by atoms with Crippen molar-refractivity contribution in [2.24, 2.45) is 5.92 Å². The van der Waals surface area contributed by atoms with Crippen LogP contribution in [0.15, 0.2) is 24.3 Å². The van der Waals surface area contributed by atoms with Gasteiger partial charge in [0.2, 0.25) is 0 Å². The number of rotatable bonds is 3. The summed E-state index contributed by atoms with van der Waals surface area (Å²) in [6.45, 7) is 3.72. The molecule has 1 N–H and O–H groups in total. The zero-order chi connectivity index (χ0) is 12.4. The van der Waals surface area contributed by atoms with E-state index in [0.29, 0.717) is 6.04 Å². The Labute approximate surface area is 110 Å². The second-order valence-electron chi connectivity index (χ2n) is 5.97. The first kappa shape index (κ1) is 12.2. The Bertz CT molecular complexity index is 402. The minimum absolute atomic E-state index is 0.598. The molecule has 0 radical (unpaired) electrons. The van der Waals surface area contributed by atoms with Crippen LogP contribution in [0.4, 0.5) is 0 Å². The fraction of sp³-hybridized carbons (Fsp3) is 0.625. The Morgan fingerprint density at radius 1 is 1.28 bits per heavy atom. The maximum absolute atomic E-state index is 3.81. The Kier molecular flexibility index (Phi) is 3.67. The fourth-order valence-corrected chi connectivity index (χ4v) is 3.47. The van der Waals surface area contributed by atoms with Crippen LogP contribution in [-0.4, -0.2) is 31.6 Å². The van der Waals surface area contributed by atoms with Crippen molar-refractivity contribution in [3.63, 3.8) is 0 Å². The average molecular weight is 244 g/mol. The summed E-state index contributed by atoms with van der Waals surface area (Å²) in [4.78, 5) is 2.45. The summed E-state index contributed by atoms with van der Waals surface area (Å²) in [6.07, 6.45) is 5.26. The standard InChI is InChI=1S/C16H24N2/c1-18-10-9-13(12-18)11-17-16-8-4-6-14-5-2-3-7-15(14)16/h2-3,5,7,13,16-17H,4,6,8-12H2,1H3. The van der Waals surface area contributed by atoms with Crippen LogP contribution < -0.4 is 5.32 Å². The molecular formula is C16H24N2. The molecule has 1 aliphatic heterocycles. The van der Waals surface area contributed by atoms with Crippen LogP contribution >= 0.6 is 0 Å². The van der Waals surface area contributed by atoms with E-state index in [0.717, 1.165) is 5.92 Å². The number of aryl methyl sites for hydroxylation is 1. The van der Waals surface area contributed by atoms with Crippen LogP contribution in [-0.2, 0) is 6.42 Å². The first-order valence-electron chi connectivity index (χ1n) is 7.32. The van der Waals surface area contributed by atoms with Gasteiger partial charge in [-0.1, -0.05) is 24.3 Å². The first-order valence-corrected chi connectivity index (χ1v) is 7.32. The van der Waals surface area contributed by atoms with Gasteiger partial charge in [0.05, 0.1) is 0 Å². The molecule has 2 heteroatoms. The molecule has 1 aliphatic carbocycles. The van der Waals surface area contributed by atoms with Gasteiger partial charge in [-0.05, 0) is 62.9 Å². The Hall–Kier alpha value is -0.860. The molecule has 2 aliphatic rings. The fourth-order valence-electron chi connectivity index (χ4n) is 3.47. The molecule has 98 valence electrons. The lowest BCUT2D eigenvalue weighted by Gasteiger charge is -2.27. The zero-order valence-electron chi connectivity index (χ0n) is 11.4. The number of hydrogen-bond acceptors (Lipinski definition) is 2. The van der Waals surface area contributed by atoms with E-state index in [-0.39, 0.29) is 0 Å². The van der Waals surface area contributed by atoms with Crippen molar-refractivity contribution in [1.82, 2.24) is 10.2 Å². The van der Waals surface area contributed by atoms with E-state index in [2.05, 4.69) is 41.5 Å². The molecule has 0 spiro atoms. The molecule has 2 unspecified atom stereocenters. The zero-order valence-corrected chi connectivity index (χ0v) is 11.4. The van der Waals surface area contributed by atoms with Gasteiger partial charge in [0, 0.05) is 12.6 Å². The van der Waals surface area contributed by atoms with Crippen LogP contribution in [0.25, 0.3) is 0 Å². The van der Waals surface area contributed by atoms with Crippen molar-refractivity contribution in [3.8, 4) is 0 Å². The van der Waals surface area contributed by atoms with Gasteiger partial charge < -0.3 is 10.2 Å². The van der Waals surface area contributed by atoms with Gasteiger partial charge in [0.1, 0.15) is 0 Å². The van der Waals surface area contributed by atoms with Gasteiger partial charge in [-0.3, -0.25) is 0 Å². The van der Waals surface area contributed by atoms with E-state index >= 15 is 0 Å². The monoisotopic (exact) mass is 244 g/mol. The number of hydrogen-bond donors (Lipinski definition) is 1. The molecule has 1 heterocycles. The summed E-state index contributed by atoms with van der Waals surface area (Å²) in [5.41, 5.74) is 3.11. The summed E-state index contributed by atoms with van der Waals surface area (Å²) < 4.78 is 0. The van der Waals surface area contributed by atoms with Gasteiger partial charge in [-0.25, -0.2) is 0 Å². The average Bonchev–Trinajstić information content (AvgIpc) is 2.82. The molecule has 1 saturated heterocycles. The second kappa shape index (κ2) is 5.41. The predicted octanol–water partition coefficient (Wildman–Crippen LogP) is 2.61. The Morgan fingerprint density at radius 3 is 3.00 bits per heavy atom. The molecule has 2 atom stereocenters. The summed E-state index contributed by atoms with van der Waals surface area (Å²) >= 11 is 0. The summed E-state index contributed by atoms with van der Waals surface area (Å²) in [5, 5.41) is 3.81. The Balaban J connectivity index is 1.60. The van der Waals surface area contributed by atoms with E-state index in [1.807, 2.05) is 0 Å². The van der Waals surface area contributed by atoms with Gasteiger partial charge >= 0.3 is 0 Å². The molecule has 0 aromatic heterocycles. The van der Waals surface area contributed by atoms with Crippen molar-refractivity contribution in [2.45, 2.75) is 31.7 Å². The maximum atomic E-state index is 3.81. The van der Waals surface area contributed by atoms with Gasteiger partial charge in [-0.15, -0.1) is 0 Å². The van der Waals surface area contributed by atoms with Crippen LogP contribution in [0.2, 0.25) is 0 Å². The number of nitrogens with zero attached hydrogens (tertiary/aromatic N) is 1. The third-order valence-corrected chi connectivity index (χ3v) is 4.51. The van der Waals surface area contributed by atoms with Gasteiger partial charge in [-0.2, -0.15) is 0 Å². The van der Waals surface area contributed by atoms with E-state index in [1.54, 1.807) is 11.1 Å². The molecule has 1 aromatic carbocycles. The minimum atomic E-state index is 0.598. The topological polar surface area (TPSA) is 15.3 Å². The molecule has 18 heavy (non-hydrogen) atoms. The summed E-state index contributed by atoms with van der Waals surface area (Å²) in [5.74, 6) is 0.851. The minimum Gasteiger partial charge on any atom is -0.310 e. The third kappa shape index (κ3) is 2.60. The SMILES string of the molecule is CN1CCC(CNC2CCCc3ccccc32)C1. The van der Waals surface area contributed by atoms with Crippen LogP contribution in [0.1, 0.15) is 36.4 Å². The highest BCUT2D eigenvalue weighted by molar-refractivity contribution is 5.32. The lowest BCUT2D eigenvalue weighted by atomic mass is 9.87. The molecule has 1 fully saturated rings. The van der Waals surface area contributed by atoms with E-state index in [9.17, 15) is 0 Å². The number of benzene rings is 1. The van der Waals surface area contributed by atoms with Gasteiger partial charge in [0.15, 0.2) is 0 Å².